The van der Waals surface area contributed by atoms with Gasteiger partial charge in [-0.2, -0.15) is 5.10 Å². The molecule has 1 aliphatic rings. The maximum Gasteiger partial charge on any atom is 0.158 e. The van der Waals surface area contributed by atoms with Crippen LogP contribution in [0.25, 0.3) is 27.3 Å². The van der Waals surface area contributed by atoms with Gasteiger partial charge in [-0.25, -0.2) is 14.5 Å². The van der Waals surface area contributed by atoms with E-state index < -0.39 is 5.60 Å². The van der Waals surface area contributed by atoms with Gasteiger partial charge in [0.1, 0.15) is 16.7 Å². The third-order valence-corrected chi connectivity index (χ3v) is 7.86. The number of rotatable bonds is 6. The Labute approximate surface area is 198 Å². The standard InChI is InChI=1S/C25H34N6OS/c1-14(2)19-20(17-10-15(3)22-27-13-28-31(22)11-17)29-24-21(19)30-23(33-24)16-6-8-18(9-7-16)26-12-25(4,5)32/h10-11,13-14,16,18,26,29,32H,6-9,12H2,1-5H3. The van der Waals surface area contributed by atoms with Gasteiger partial charge in [0, 0.05) is 35.8 Å². The molecule has 3 N–H and O–H groups in total. The number of pyridine rings is 1. The summed E-state index contributed by atoms with van der Waals surface area (Å²) in [5, 5.41) is 19.1. The van der Waals surface area contributed by atoms with Gasteiger partial charge >= 0.3 is 0 Å². The summed E-state index contributed by atoms with van der Waals surface area (Å²) in [4.78, 5) is 14.4. The number of aryl methyl sites for hydroxylation is 1. The molecule has 1 fully saturated rings. The highest BCUT2D eigenvalue weighted by Gasteiger charge is 2.28. The third kappa shape index (κ3) is 4.44. The maximum atomic E-state index is 9.98. The van der Waals surface area contributed by atoms with Gasteiger partial charge in [0.2, 0.25) is 0 Å². The van der Waals surface area contributed by atoms with E-state index in [4.69, 9.17) is 4.98 Å². The highest BCUT2D eigenvalue weighted by atomic mass is 32.1. The van der Waals surface area contributed by atoms with E-state index >= 15 is 0 Å². The summed E-state index contributed by atoms with van der Waals surface area (Å²) < 4.78 is 1.85. The summed E-state index contributed by atoms with van der Waals surface area (Å²) in [6, 6.07) is 2.68. The zero-order valence-corrected chi connectivity index (χ0v) is 21.0. The second kappa shape index (κ2) is 8.49. The topological polar surface area (TPSA) is 91.1 Å². The van der Waals surface area contributed by atoms with Crippen molar-refractivity contribution in [2.24, 2.45) is 0 Å². The Bertz CT molecular complexity index is 1270. The van der Waals surface area contributed by atoms with E-state index in [1.165, 1.54) is 15.4 Å². The molecule has 5 rings (SSSR count). The van der Waals surface area contributed by atoms with Crippen LogP contribution in [-0.2, 0) is 0 Å². The summed E-state index contributed by atoms with van der Waals surface area (Å²) in [6.07, 6.45) is 8.21. The number of aromatic nitrogens is 5. The molecule has 4 aromatic rings. The molecule has 4 aromatic heterocycles. The number of aliphatic hydroxyl groups is 1. The smallest absolute Gasteiger partial charge is 0.158 e. The molecule has 0 amide bonds. The lowest BCUT2D eigenvalue weighted by atomic mass is 9.86. The van der Waals surface area contributed by atoms with Crippen LogP contribution in [0, 0.1) is 6.92 Å². The predicted molar refractivity (Wildman–Crippen MR) is 134 cm³/mol. The van der Waals surface area contributed by atoms with Crippen LogP contribution in [0.3, 0.4) is 0 Å². The first-order chi connectivity index (χ1) is 15.7. The number of hydrogen-bond acceptors (Lipinski definition) is 6. The van der Waals surface area contributed by atoms with Gasteiger partial charge < -0.3 is 15.4 Å². The van der Waals surface area contributed by atoms with Crippen molar-refractivity contribution in [2.45, 2.75) is 83.8 Å². The number of fused-ring (bicyclic) bond motifs is 2. The SMILES string of the molecule is Cc1cc(-c2[nH]c3sc(C4CCC(NCC(C)(C)O)CC4)nc3c2C(C)C)cn2ncnc12. The Morgan fingerprint density at radius 1 is 1.27 bits per heavy atom. The Morgan fingerprint density at radius 2 is 2.03 bits per heavy atom. The molecule has 1 saturated carbocycles. The molecule has 0 unspecified atom stereocenters. The molecule has 176 valence electrons. The summed E-state index contributed by atoms with van der Waals surface area (Å²) in [5.41, 5.74) is 6.02. The molecule has 1 aliphatic carbocycles. The first kappa shape index (κ1) is 22.5. The Balaban J connectivity index is 1.40. The van der Waals surface area contributed by atoms with Crippen LogP contribution >= 0.6 is 11.3 Å². The van der Waals surface area contributed by atoms with Gasteiger partial charge in [-0.3, -0.25) is 0 Å². The second-order valence-corrected chi connectivity index (χ2v) is 11.5. The normalized spacial score (nSPS) is 19.8. The molecule has 33 heavy (non-hydrogen) atoms. The maximum absolute atomic E-state index is 9.98. The molecule has 0 radical (unpaired) electrons. The van der Waals surface area contributed by atoms with Crippen molar-refractivity contribution in [3.05, 3.63) is 34.7 Å². The van der Waals surface area contributed by atoms with Crippen molar-refractivity contribution in [2.75, 3.05) is 6.54 Å². The number of H-pyrrole nitrogens is 1. The number of nitrogens with zero attached hydrogens (tertiary/aromatic N) is 4. The van der Waals surface area contributed by atoms with Crippen LogP contribution in [0.4, 0.5) is 0 Å². The van der Waals surface area contributed by atoms with E-state index in [9.17, 15) is 5.11 Å². The molecular weight excluding hydrogens is 432 g/mol. The van der Waals surface area contributed by atoms with Crippen LogP contribution in [0.2, 0.25) is 0 Å². The average Bonchev–Trinajstić information content (AvgIpc) is 3.45. The first-order valence-corrected chi connectivity index (χ1v) is 12.8. The fourth-order valence-electron chi connectivity index (χ4n) is 5.04. The van der Waals surface area contributed by atoms with Crippen LogP contribution < -0.4 is 5.32 Å². The molecule has 0 bridgehead atoms. The van der Waals surface area contributed by atoms with Gasteiger partial charge in [0.15, 0.2) is 5.65 Å². The summed E-state index contributed by atoms with van der Waals surface area (Å²) in [5.74, 6) is 0.880. The highest BCUT2D eigenvalue weighted by molar-refractivity contribution is 7.18. The van der Waals surface area contributed by atoms with E-state index in [1.54, 1.807) is 6.33 Å². The molecule has 0 aromatic carbocycles. The lowest BCUT2D eigenvalue weighted by Crippen LogP contribution is -2.42. The zero-order valence-electron chi connectivity index (χ0n) is 20.1. The quantitative estimate of drug-likeness (QED) is 0.365. The van der Waals surface area contributed by atoms with Crippen molar-refractivity contribution >= 4 is 27.3 Å². The van der Waals surface area contributed by atoms with Crippen LogP contribution in [0.1, 0.15) is 81.3 Å². The van der Waals surface area contributed by atoms with Crippen molar-refractivity contribution < 1.29 is 5.11 Å². The van der Waals surface area contributed by atoms with Gasteiger partial charge in [0.05, 0.1) is 16.3 Å². The molecule has 0 atom stereocenters. The van der Waals surface area contributed by atoms with Gasteiger partial charge in [-0.15, -0.1) is 11.3 Å². The van der Waals surface area contributed by atoms with Crippen molar-refractivity contribution in [3.8, 4) is 11.3 Å². The fraction of sp³-hybridized carbons (Fsp3) is 0.560. The van der Waals surface area contributed by atoms with Crippen LogP contribution in [0.15, 0.2) is 18.6 Å². The van der Waals surface area contributed by atoms with E-state index in [-0.39, 0.29) is 0 Å². The number of thiazole rings is 1. The minimum Gasteiger partial charge on any atom is -0.389 e. The first-order valence-electron chi connectivity index (χ1n) is 12.0. The molecule has 0 saturated heterocycles. The number of nitrogens with one attached hydrogen (secondary N) is 2. The average molecular weight is 467 g/mol. The number of aromatic amines is 1. The van der Waals surface area contributed by atoms with Gasteiger partial charge in [-0.05, 0) is 64.0 Å². The Hall–Kier alpha value is -2.29. The van der Waals surface area contributed by atoms with E-state index in [2.05, 4.69) is 53.4 Å². The Morgan fingerprint density at radius 3 is 2.73 bits per heavy atom. The minimum atomic E-state index is -0.660. The van der Waals surface area contributed by atoms with Crippen molar-refractivity contribution in [3.63, 3.8) is 0 Å². The summed E-state index contributed by atoms with van der Waals surface area (Å²) >= 11 is 1.82. The van der Waals surface area contributed by atoms with E-state index in [0.717, 1.165) is 53.7 Å². The summed E-state index contributed by atoms with van der Waals surface area (Å²) in [7, 11) is 0. The molecule has 7 nitrogen and oxygen atoms in total. The van der Waals surface area contributed by atoms with Crippen molar-refractivity contribution in [1.29, 1.82) is 0 Å². The fourth-order valence-corrected chi connectivity index (χ4v) is 6.19. The highest BCUT2D eigenvalue weighted by Crippen LogP contribution is 2.42. The third-order valence-electron chi connectivity index (χ3n) is 6.73. The van der Waals surface area contributed by atoms with Gasteiger partial charge in [0.25, 0.3) is 0 Å². The molecular formula is C25H34N6OS. The molecule has 4 heterocycles. The lowest BCUT2D eigenvalue weighted by Gasteiger charge is -2.30. The predicted octanol–water partition coefficient (Wildman–Crippen LogP) is 5.15. The molecule has 0 spiro atoms. The van der Waals surface area contributed by atoms with E-state index in [1.807, 2.05) is 29.7 Å². The molecule has 0 aliphatic heterocycles. The van der Waals surface area contributed by atoms with Crippen LogP contribution in [-0.4, -0.2) is 47.9 Å². The zero-order chi connectivity index (χ0) is 23.3. The largest absolute Gasteiger partial charge is 0.389 e. The Kier molecular flexibility index (Phi) is 5.79. The van der Waals surface area contributed by atoms with E-state index in [0.29, 0.717) is 24.4 Å². The minimum absolute atomic E-state index is 0.359. The summed E-state index contributed by atoms with van der Waals surface area (Å²) in [6.45, 7) is 10.9. The van der Waals surface area contributed by atoms with Gasteiger partial charge in [-0.1, -0.05) is 13.8 Å². The molecule has 8 heteroatoms. The van der Waals surface area contributed by atoms with Crippen LogP contribution in [0.5, 0.6) is 0 Å². The monoisotopic (exact) mass is 466 g/mol. The lowest BCUT2D eigenvalue weighted by molar-refractivity contribution is 0.0742. The second-order valence-electron chi connectivity index (χ2n) is 10.5. The number of hydrogen-bond donors (Lipinski definition) is 3. The van der Waals surface area contributed by atoms with Crippen molar-refractivity contribution in [1.82, 2.24) is 29.9 Å².